The summed E-state index contributed by atoms with van der Waals surface area (Å²) >= 11 is 0. The van der Waals surface area contributed by atoms with E-state index in [1.165, 1.54) is 128 Å². The molecule has 2 heterocycles. The topological polar surface area (TPSA) is 138 Å². The van der Waals surface area contributed by atoms with Crippen molar-refractivity contribution in [2.45, 2.75) is 265 Å². The maximum atomic E-state index is 13.2. The molecule has 2 aliphatic heterocycles. The Morgan fingerprint density at radius 1 is 0.417 bits per heavy atom. The van der Waals surface area contributed by atoms with Gasteiger partial charge >= 0.3 is 23.9 Å². The second kappa shape index (κ2) is 44.6. The van der Waals surface area contributed by atoms with Gasteiger partial charge in [-0.05, 0) is 76.0 Å². The van der Waals surface area contributed by atoms with Crippen molar-refractivity contribution in [2.75, 3.05) is 72.4 Å². The number of rotatable bonds is 47. The molecular formula is C60H110N2O10. The molecule has 72 heavy (non-hydrogen) atoms. The van der Waals surface area contributed by atoms with Crippen LogP contribution >= 0.6 is 0 Å². The molecule has 2 aliphatic rings. The van der Waals surface area contributed by atoms with Gasteiger partial charge in [-0.1, -0.05) is 169 Å². The van der Waals surface area contributed by atoms with Gasteiger partial charge in [-0.15, -0.1) is 0 Å². The fourth-order valence-electron chi connectivity index (χ4n) is 10.2. The minimum atomic E-state index is -0.578. The minimum Gasteiger partial charge on any atom is -0.465 e. The van der Waals surface area contributed by atoms with E-state index in [0.29, 0.717) is 116 Å². The summed E-state index contributed by atoms with van der Waals surface area (Å²) in [6.45, 7) is 15.0. The number of nitrogens with zero attached hydrogens (tertiary/aromatic N) is 2. The van der Waals surface area contributed by atoms with Gasteiger partial charge in [-0.25, -0.2) is 0 Å². The summed E-state index contributed by atoms with van der Waals surface area (Å²) in [7, 11) is 0. The molecular weight excluding hydrogens is 909 g/mol. The number of amides is 1. The molecule has 0 radical (unpaired) electrons. The smallest absolute Gasteiger partial charge is 0.305 e. The predicted octanol–water partition coefficient (Wildman–Crippen LogP) is 14.1. The van der Waals surface area contributed by atoms with Gasteiger partial charge in [0.05, 0.1) is 26.4 Å². The first kappa shape index (κ1) is 65.4. The first-order chi connectivity index (χ1) is 35.1. The van der Waals surface area contributed by atoms with Crippen LogP contribution in [0.2, 0.25) is 0 Å². The Hall–Kier alpha value is -2.73. The van der Waals surface area contributed by atoms with E-state index in [0.717, 1.165) is 51.6 Å². The second-order valence-corrected chi connectivity index (χ2v) is 21.9. The van der Waals surface area contributed by atoms with E-state index in [-0.39, 0.29) is 55.8 Å². The number of likely N-dealkylation sites (tertiary alicyclic amines) is 1. The first-order valence-electron chi connectivity index (χ1n) is 30.3. The molecule has 2 atom stereocenters. The number of carbonyl (C=O) groups excluding carboxylic acids is 5. The lowest BCUT2D eigenvalue weighted by molar-refractivity contribution is -0.159. The molecule has 0 aliphatic carbocycles. The van der Waals surface area contributed by atoms with Crippen LogP contribution in [0, 0.1) is 17.3 Å². The molecule has 2 saturated heterocycles. The number of unbranched alkanes of at least 4 members (excludes halogenated alkanes) is 20. The van der Waals surface area contributed by atoms with E-state index < -0.39 is 5.41 Å². The monoisotopic (exact) mass is 1020 g/mol. The lowest BCUT2D eigenvalue weighted by Gasteiger charge is -2.41. The van der Waals surface area contributed by atoms with Crippen molar-refractivity contribution in [3.05, 3.63) is 0 Å². The molecule has 0 aromatic carbocycles. The Morgan fingerprint density at radius 3 is 1.14 bits per heavy atom. The Kier molecular flexibility index (Phi) is 40.5. The van der Waals surface area contributed by atoms with E-state index in [9.17, 15) is 24.0 Å². The molecule has 1 amide bonds. The molecule has 0 aromatic heterocycles. The van der Waals surface area contributed by atoms with Crippen molar-refractivity contribution in [3.8, 4) is 0 Å². The molecule has 12 nitrogen and oxygen atoms in total. The van der Waals surface area contributed by atoms with Gasteiger partial charge in [0.25, 0.3) is 0 Å². The largest absolute Gasteiger partial charge is 0.465 e. The molecule has 0 aromatic rings. The van der Waals surface area contributed by atoms with Gasteiger partial charge in [0.1, 0.15) is 13.2 Å². The standard InChI is InChI=1S/C60H110N2O10/c1-5-9-13-17-19-25-33-53(31-23-15-11-7-3)49-69-56(64)35-27-21-29-37-58(66)71-51-60(40-43-62(44-41-60)55(63)39-42-61-45-47-68-48-46-61)52-72-59(67)38-30-22-28-36-57(65)70-50-54(32-24-16-12-8-4)34-26-20-18-14-10-6-2/h53-54H,5-52H2,1-4H3. The highest BCUT2D eigenvalue weighted by molar-refractivity contribution is 5.76. The summed E-state index contributed by atoms with van der Waals surface area (Å²) in [6.07, 6.45) is 36.4. The van der Waals surface area contributed by atoms with Crippen molar-refractivity contribution in [3.63, 3.8) is 0 Å². The zero-order valence-electron chi connectivity index (χ0n) is 47.1. The third kappa shape index (κ3) is 34.7. The molecule has 12 heteroatoms. The summed E-state index contributed by atoms with van der Waals surface area (Å²) in [5.41, 5.74) is -0.578. The summed E-state index contributed by atoms with van der Waals surface area (Å²) in [6, 6.07) is 0. The summed E-state index contributed by atoms with van der Waals surface area (Å²) in [5, 5.41) is 0. The fourth-order valence-corrected chi connectivity index (χ4v) is 10.2. The van der Waals surface area contributed by atoms with Crippen LogP contribution < -0.4 is 0 Å². The van der Waals surface area contributed by atoms with Crippen LogP contribution in [-0.4, -0.2) is 112 Å². The Labute approximate surface area is 440 Å². The predicted molar refractivity (Wildman–Crippen MR) is 291 cm³/mol. The highest BCUT2D eigenvalue weighted by atomic mass is 16.6. The molecule has 0 N–H and O–H groups in total. The Balaban J connectivity index is 1.78. The molecule has 0 bridgehead atoms. The maximum absolute atomic E-state index is 13.2. The SMILES string of the molecule is CCCCCCCCC(CCCCCC)COC(=O)CCCCCC(=O)OCC1(COC(=O)CCCCCC(=O)OCC(CCCCCC)CCCCCCCC)CCN(C(=O)CCN2CCOCC2)CC1. The Bertz CT molecular complexity index is 1290. The number of ether oxygens (including phenoxy) is 5. The van der Waals surface area contributed by atoms with Crippen molar-refractivity contribution < 1.29 is 47.7 Å². The van der Waals surface area contributed by atoms with Crippen molar-refractivity contribution in [2.24, 2.45) is 17.3 Å². The highest BCUT2D eigenvalue weighted by Crippen LogP contribution is 2.33. The van der Waals surface area contributed by atoms with Gasteiger partial charge in [0.2, 0.25) is 5.91 Å². The van der Waals surface area contributed by atoms with E-state index in [1.807, 2.05) is 4.90 Å². The minimum absolute atomic E-state index is 0.114. The van der Waals surface area contributed by atoms with E-state index in [2.05, 4.69) is 32.6 Å². The van der Waals surface area contributed by atoms with E-state index in [1.54, 1.807) is 0 Å². The lowest BCUT2D eigenvalue weighted by atomic mass is 9.79. The lowest BCUT2D eigenvalue weighted by Crippen LogP contribution is -2.48. The van der Waals surface area contributed by atoms with E-state index in [4.69, 9.17) is 23.7 Å². The number of morpholine rings is 1. The van der Waals surface area contributed by atoms with Gasteiger partial charge in [-0.3, -0.25) is 28.9 Å². The zero-order chi connectivity index (χ0) is 52.2. The van der Waals surface area contributed by atoms with Crippen LogP contribution in [0.15, 0.2) is 0 Å². The summed E-state index contributed by atoms with van der Waals surface area (Å²) in [5.74, 6) is 0.0981. The molecule has 0 saturated carbocycles. The average molecular weight is 1020 g/mol. The third-order valence-electron chi connectivity index (χ3n) is 15.3. The normalized spacial score (nSPS) is 15.8. The van der Waals surface area contributed by atoms with Crippen LogP contribution in [0.1, 0.15) is 265 Å². The van der Waals surface area contributed by atoms with Gasteiger partial charge in [-0.2, -0.15) is 0 Å². The first-order valence-corrected chi connectivity index (χ1v) is 30.3. The van der Waals surface area contributed by atoms with Crippen LogP contribution in [-0.2, 0) is 47.7 Å². The van der Waals surface area contributed by atoms with E-state index >= 15 is 0 Å². The average Bonchev–Trinajstić information content (AvgIpc) is 3.39. The van der Waals surface area contributed by atoms with Gasteiger partial charge in [0.15, 0.2) is 0 Å². The van der Waals surface area contributed by atoms with Crippen LogP contribution in [0.4, 0.5) is 0 Å². The molecule has 2 unspecified atom stereocenters. The van der Waals surface area contributed by atoms with Gasteiger partial charge in [0, 0.05) is 70.2 Å². The van der Waals surface area contributed by atoms with Crippen molar-refractivity contribution in [1.82, 2.24) is 9.80 Å². The summed E-state index contributed by atoms with van der Waals surface area (Å²) < 4.78 is 28.8. The van der Waals surface area contributed by atoms with Crippen LogP contribution in [0.3, 0.4) is 0 Å². The quantitative estimate of drug-likeness (QED) is 0.0327. The highest BCUT2D eigenvalue weighted by Gasteiger charge is 2.39. The number of hydrogen-bond acceptors (Lipinski definition) is 11. The van der Waals surface area contributed by atoms with Crippen molar-refractivity contribution >= 4 is 29.8 Å². The number of hydrogen-bond donors (Lipinski definition) is 0. The maximum Gasteiger partial charge on any atom is 0.305 e. The van der Waals surface area contributed by atoms with Crippen LogP contribution in [0.5, 0.6) is 0 Å². The molecule has 420 valence electrons. The fraction of sp³-hybridized carbons (Fsp3) is 0.917. The zero-order valence-corrected chi connectivity index (χ0v) is 47.1. The Morgan fingerprint density at radius 2 is 0.750 bits per heavy atom. The molecule has 2 rings (SSSR count). The van der Waals surface area contributed by atoms with Gasteiger partial charge < -0.3 is 28.6 Å². The number of piperidine rings is 1. The number of carbonyl (C=O) groups is 5. The van der Waals surface area contributed by atoms with Crippen molar-refractivity contribution in [1.29, 1.82) is 0 Å². The third-order valence-corrected chi connectivity index (χ3v) is 15.3. The number of esters is 4. The summed E-state index contributed by atoms with van der Waals surface area (Å²) in [4.78, 5) is 69.0. The molecule has 2 fully saturated rings. The van der Waals surface area contributed by atoms with Crippen LogP contribution in [0.25, 0.3) is 0 Å². The molecule has 0 spiro atoms. The second-order valence-electron chi connectivity index (χ2n) is 21.9.